The number of carbonyl (C=O) groups excluding carboxylic acids is 1. The van der Waals surface area contributed by atoms with Crippen LogP contribution in [0.5, 0.6) is 0 Å². The van der Waals surface area contributed by atoms with Gasteiger partial charge in [0.05, 0.1) is 10.1 Å². The van der Waals surface area contributed by atoms with Crippen molar-refractivity contribution in [2.24, 2.45) is 7.05 Å². The smallest absolute Gasteiger partial charge is 0.236 e. The van der Waals surface area contributed by atoms with Crippen molar-refractivity contribution in [3.8, 4) is 10.7 Å². The molecular formula is C17H24N4OS2. The molecule has 0 radical (unpaired) electrons. The van der Waals surface area contributed by atoms with Crippen LogP contribution in [0.15, 0.2) is 22.7 Å². The molecule has 130 valence electrons. The average molecular weight is 365 g/mol. The number of carbonyl (C=O) groups is 1. The first-order chi connectivity index (χ1) is 11.6. The van der Waals surface area contributed by atoms with Crippen molar-refractivity contribution in [3.05, 3.63) is 17.5 Å². The fraction of sp³-hybridized carbons (Fsp3) is 0.588. The topological polar surface area (TPSA) is 51.0 Å². The minimum Gasteiger partial charge on any atom is -0.339 e. The van der Waals surface area contributed by atoms with Crippen LogP contribution >= 0.6 is 23.1 Å². The van der Waals surface area contributed by atoms with E-state index in [0.717, 1.165) is 41.7 Å². The summed E-state index contributed by atoms with van der Waals surface area (Å²) in [5.74, 6) is 1.09. The Labute approximate surface area is 151 Å². The Morgan fingerprint density at radius 2 is 2.29 bits per heavy atom. The summed E-state index contributed by atoms with van der Waals surface area (Å²) in [4.78, 5) is 16.0. The fourth-order valence-corrected chi connectivity index (χ4v) is 4.82. The molecule has 0 spiro atoms. The van der Waals surface area contributed by atoms with Gasteiger partial charge in [0.2, 0.25) is 5.91 Å². The van der Waals surface area contributed by atoms with E-state index in [0.29, 0.717) is 6.04 Å². The highest BCUT2D eigenvalue weighted by Crippen LogP contribution is 2.30. The molecule has 1 aliphatic rings. The van der Waals surface area contributed by atoms with Gasteiger partial charge in [-0.05, 0) is 44.1 Å². The molecule has 24 heavy (non-hydrogen) atoms. The number of hydrogen-bond acceptors (Lipinski definition) is 5. The Morgan fingerprint density at radius 3 is 3.00 bits per heavy atom. The summed E-state index contributed by atoms with van der Waals surface area (Å²) in [6.07, 6.45) is 4.52. The SMILES string of the molecule is CCC1CCCCN1C(=O)C(C)Sc1nnc(-c2cccs2)n1C. The predicted molar refractivity (Wildman–Crippen MR) is 99.3 cm³/mol. The molecule has 1 amide bonds. The maximum Gasteiger partial charge on any atom is 0.236 e. The molecule has 2 aromatic heterocycles. The van der Waals surface area contributed by atoms with Gasteiger partial charge < -0.3 is 9.47 Å². The van der Waals surface area contributed by atoms with Gasteiger partial charge in [0, 0.05) is 19.6 Å². The zero-order valence-corrected chi connectivity index (χ0v) is 16.1. The van der Waals surface area contributed by atoms with E-state index >= 15 is 0 Å². The first-order valence-electron chi connectivity index (χ1n) is 8.52. The number of nitrogens with zero attached hydrogens (tertiary/aromatic N) is 4. The van der Waals surface area contributed by atoms with Crippen molar-refractivity contribution < 1.29 is 4.79 Å². The Balaban J connectivity index is 1.70. The number of thiophene rings is 1. The predicted octanol–water partition coefficient (Wildman–Crippen LogP) is 3.82. The summed E-state index contributed by atoms with van der Waals surface area (Å²) in [5, 5.41) is 11.3. The second-order valence-corrected chi connectivity index (χ2v) is 8.45. The largest absolute Gasteiger partial charge is 0.339 e. The Kier molecular flexibility index (Phi) is 5.61. The van der Waals surface area contributed by atoms with E-state index in [4.69, 9.17) is 0 Å². The standard InChI is InChI=1S/C17H24N4OS2/c1-4-13-8-5-6-10-21(13)16(22)12(2)24-17-19-18-15(20(17)3)14-9-7-11-23-14/h7,9,11-13H,4-6,8,10H2,1-3H3. The molecule has 7 heteroatoms. The van der Waals surface area contributed by atoms with E-state index in [-0.39, 0.29) is 11.2 Å². The van der Waals surface area contributed by atoms with Crippen LogP contribution < -0.4 is 0 Å². The summed E-state index contributed by atoms with van der Waals surface area (Å²) in [5.41, 5.74) is 0. The number of amides is 1. The summed E-state index contributed by atoms with van der Waals surface area (Å²) in [6, 6.07) is 4.45. The maximum atomic E-state index is 12.9. The molecule has 5 nitrogen and oxygen atoms in total. The molecule has 3 rings (SSSR count). The van der Waals surface area contributed by atoms with Crippen LogP contribution in [0.25, 0.3) is 10.7 Å². The molecule has 0 aromatic carbocycles. The van der Waals surface area contributed by atoms with Crippen LogP contribution in [0.2, 0.25) is 0 Å². The first kappa shape index (κ1) is 17.5. The minimum atomic E-state index is -0.142. The number of aromatic nitrogens is 3. The van der Waals surface area contributed by atoms with Gasteiger partial charge >= 0.3 is 0 Å². The van der Waals surface area contributed by atoms with Crippen LogP contribution in [0.4, 0.5) is 0 Å². The molecule has 0 saturated carbocycles. The number of hydrogen-bond donors (Lipinski definition) is 0. The van der Waals surface area contributed by atoms with Gasteiger partial charge in [-0.3, -0.25) is 4.79 Å². The molecule has 1 aliphatic heterocycles. The second kappa shape index (κ2) is 7.70. The van der Waals surface area contributed by atoms with Crippen molar-refractivity contribution in [1.82, 2.24) is 19.7 Å². The highest BCUT2D eigenvalue weighted by atomic mass is 32.2. The second-order valence-electron chi connectivity index (χ2n) is 6.19. The summed E-state index contributed by atoms with van der Waals surface area (Å²) in [6.45, 7) is 5.04. The van der Waals surface area contributed by atoms with Crippen molar-refractivity contribution >= 4 is 29.0 Å². The first-order valence-corrected chi connectivity index (χ1v) is 10.3. The molecule has 0 bridgehead atoms. The van der Waals surface area contributed by atoms with E-state index in [2.05, 4.69) is 22.0 Å². The van der Waals surface area contributed by atoms with E-state index in [9.17, 15) is 4.79 Å². The number of likely N-dealkylation sites (tertiary alicyclic amines) is 1. The quantitative estimate of drug-likeness (QED) is 0.757. The third-order valence-electron chi connectivity index (χ3n) is 4.59. The van der Waals surface area contributed by atoms with E-state index in [1.807, 2.05) is 36.1 Å². The molecule has 1 fully saturated rings. The summed E-state index contributed by atoms with van der Waals surface area (Å²) >= 11 is 3.15. The Morgan fingerprint density at radius 1 is 1.46 bits per heavy atom. The van der Waals surface area contributed by atoms with Crippen LogP contribution in [-0.4, -0.2) is 43.4 Å². The highest BCUT2D eigenvalue weighted by molar-refractivity contribution is 8.00. The molecule has 0 aliphatic carbocycles. The molecule has 2 unspecified atom stereocenters. The lowest BCUT2D eigenvalue weighted by atomic mass is 10.00. The van der Waals surface area contributed by atoms with Crippen LogP contribution in [0, 0.1) is 0 Å². The van der Waals surface area contributed by atoms with Crippen LogP contribution in [0.1, 0.15) is 39.5 Å². The minimum absolute atomic E-state index is 0.142. The van der Waals surface area contributed by atoms with Crippen molar-refractivity contribution in [2.75, 3.05) is 6.54 Å². The van der Waals surface area contributed by atoms with Gasteiger partial charge in [-0.25, -0.2) is 0 Å². The van der Waals surface area contributed by atoms with E-state index in [1.54, 1.807) is 11.3 Å². The molecule has 0 N–H and O–H groups in total. The number of thioether (sulfide) groups is 1. The molecule has 1 saturated heterocycles. The van der Waals surface area contributed by atoms with Gasteiger partial charge in [0.15, 0.2) is 11.0 Å². The third kappa shape index (κ3) is 3.52. The Bertz CT molecular complexity index is 683. The monoisotopic (exact) mass is 364 g/mol. The van der Waals surface area contributed by atoms with Gasteiger partial charge in [-0.15, -0.1) is 21.5 Å². The Hall–Kier alpha value is -1.34. The van der Waals surface area contributed by atoms with Crippen LogP contribution in [-0.2, 0) is 11.8 Å². The fourth-order valence-electron chi connectivity index (χ4n) is 3.20. The highest BCUT2D eigenvalue weighted by Gasteiger charge is 2.30. The normalized spacial score (nSPS) is 19.5. The van der Waals surface area contributed by atoms with Crippen molar-refractivity contribution in [3.63, 3.8) is 0 Å². The van der Waals surface area contributed by atoms with Crippen molar-refractivity contribution in [1.29, 1.82) is 0 Å². The van der Waals surface area contributed by atoms with Crippen molar-refractivity contribution in [2.45, 2.75) is 56.0 Å². The molecule has 2 aromatic rings. The van der Waals surface area contributed by atoms with Gasteiger partial charge in [-0.2, -0.15) is 0 Å². The average Bonchev–Trinajstić information content (AvgIpc) is 3.24. The lowest BCUT2D eigenvalue weighted by molar-refractivity contribution is -0.134. The third-order valence-corrected chi connectivity index (χ3v) is 6.58. The van der Waals surface area contributed by atoms with E-state index < -0.39 is 0 Å². The zero-order chi connectivity index (χ0) is 17.1. The zero-order valence-electron chi connectivity index (χ0n) is 14.4. The lowest BCUT2D eigenvalue weighted by Crippen LogP contribution is -2.46. The van der Waals surface area contributed by atoms with E-state index in [1.165, 1.54) is 18.2 Å². The molecule has 3 heterocycles. The van der Waals surface area contributed by atoms with Gasteiger partial charge in [0.25, 0.3) is 0 Å². The summed E-state index contributed by atoms with van der Waals surface area (Å²) < 4.78 is 1.98. The van der Waals surface area contributed by atoms with Gasteiger partial charge in [-0.1, -0.05) is 24.8 Å². The van der Waals surface area contributed by atoms with Crippen LogP contribution in [0.3, 0.4) is 0 Å². The molecular weight excluding hydrogens is 340 g/mol. The maximum absolute atomic E-state index is 12.9. The molecule has 2 atom stereocenters. The lowest BCUT2D eigenvalue weighted by Gasteiger charge is -2.36. The number of piperidine rings is 1. The summed E-state index contributed by atoms with van der Waals surface area (Å²) in [7, 11) is 1.96. The van der Waals surface area contributed by atoms with Gasteiger partial charge in [0.1, 0.15) is 0 Å². The number of rotatable bonds is 5.